The Bertz CT molecular complexity index is 1000. The predicted octanol–water partition coefficient (Wildman–Crippen LogP) is 4.69. The molecule has 2 aromatic carbocycles. The lowest BCUT2D eigenvalue weighted by Crippen LogP contribution is -2.35. The van der Waals surface area contributed by atoms with Crippen molar-refractivity contribution in [2.24, 2.45) is 5.92 Å². The highest BCUT2D eigenvalue weighted by Gasteiger charge is 2.35. The molecule has 0 N–H and O–H groups in total. The zero-order valence-corrected chi connectivity index (χ0v) is 18.5. The van der Waals surface area contributed by atoms with Crippen molar-refractivity contribution in [1.29, 1.82) is 0 Å². The number of carbonyl (C=O) groups is 1. The molecular weight excluding hydrogens is 407 g/mol. The van der Waals surface area contributed by atoms with E-state index in [0.717, 1.165) is 36.7 Å². The first-order valence-corrected chi connectivity index (χ1v) is 10.9. The smallest absolute Gasteiger partial charge is 0.219 e. The Labute approximate surface area is 188 Å². The number of nitrogens with zero attached hydrogens (tertiary/aromatic N) is 2. The number of halogens is 1. The molecule has 1 aromatic heterocycles. The molecular formula is C26H29FN2O3. The van der Waals surface area contributed by atoms with Crippen molar-refractivity contribution in [3.8, 4) is 5.75 Å². The summed E-state index contributed by atoms with van der Waals surface area (Å²) in [5.41, 5.74) is 2.16. The maximum atomic E-state index is 13.3. The highest BCUT2D eigenvalue weighted by atomic mass is 19.1. The number of amides is 1. The summed E-state index contributed by atoms with van der Waals surface area (Å²) in [7, 11) is 1.67. The second kappa shape index (κ2) is 10.0. The van der Waals surface area contributed by atoms with E-state index < -0.39 is 0 Å². The van der Waals surface area contributed by atoms with E-state index in [9.17, 15) is 9.18 Å². The third kappa shape index (κ3) is 5.37. The molecule has 2 unspecified atom stereocenters. The molecule has 1 saturated heterocycles. The van der Waals surface area contributed by atoms with Gasteiger partial charge in [0.15, 0.2) is 0 Å². The number of furan rings is 1. The van der Waals surface area contributed by atoms with E-state index in [-0.39, 0.29) is 23.6 Å². The van der Waals surface area contributed by atoms with Gasteiger partial charge in [-0.3, -0.25) is 9.69 Å². The van der Waals surface area contributed by atoms with Crippen LogP contribution in [0.5, 0.6) is 5.75 Å². The van der Waals surface area contributed by atoms with E-state index in [1.165, 1.54) is 17.7 Å². The van der Waals surface area contributed by atoms with Crippen LogP contribution in [-0.2, 0) is 17.9 Å². The normalized spacial score (nSPS) is 18.6. The van der Waals surface area contributed by atoms with Gasteiger partial charge in [0.1, 0.15) is 17.3 Å². The number of methoxy groups -OCH3 is 1. The number of benzene rings is 2. The number of hydrogen-bond donors (Lipinski definition) is 0. The number of hydrogen-bond acceptors (Lipinski definition) is 4. The lowest BCUT2D eigenvalue weighted by atomic mass is 9.88. The SMILES string of the molecule is COc1ccc(C2CN(Cc3ccco3)CC2CN(Cc2ccc(F)cc2)C(C)=O)cc1. The third-order valence-electron chi connectivity index (χ3n) is 6.21. The Hall–Kier alpha value is -3.12. The van der Waals surface area contributed by atoms with Gasteiger partial charge in [0.25, 0.3) is 0 Å². The molecule has 0 bridgehead atoms. The first-order valence-electron chi connectivity index (χ1n) is 10.9. The maximum absolute atomic E-state index is 13.3. The monoisotopic (exact) mass is 436 g/mol. The first kappa shape index (κ1) is 22.1. The van der Waals surface area contributed by atoms with Crippen LogP contribution in [0.3, 0.4) is 0 Å². The molecule has 2 atom stereocenters. The molecule has 1 fully saturated rings. The van der Waals surface area contributed by atoms with Crippen molar-refractivity contribution in [1.82, 2.24) is 9.80 Å². The minimum atomic E-state index is -0.271. The fraction of sp³-hybridized carbons (Fsp3) is 0.346. The van der Waals surface area contributed by atoms with Gasteiger partial charge < -0.3 is 14.1 Å². The van der Waals surface area contributed by atoms with Crippen molar-refractivity contribution in [3.63, 3.8) is 0 Å². The summed E-state index contributed by atoms with van der Waals surface area (Å²) in [6.45, 7) is 5.21. The Balaban J connectivity index is 1.53. The van der Waals surface area contributed by atoms with E-state index in [0.29, 0.717) is 13.1 Å². The van der Waals surface area contributed by atoms with E-state index in [1.807, 2.05) is 29.2 Å². The van der Waals surface area contributed by atoms with E-state index in [4.69, 9.17) is 9.15 Å². The fourth-order valence-electron chi connectivity index (χ4n) is 4.52. The van der Waals surface area contributed by atoms with Crippen LogP contribution >= 0.6 is 0 Å². The fourth-order valence-corrected chi connectivity index (χ4v) is 4.52. The molecule has 1 amide bonds. The van der Waals surface area contributed by atoms with Crippen LogP contribution in [0.15, 0.2) is 71.3 Å². The first-order chi connectivity index (χ1) is 15.5. The van der Waals surface area contributed by atoms with Crippen LogP contribution < -0.4 is 4.74 Å². The van der Waals surface area contributed by atoms with Gasteiger partial charge in [0.2, 0.25) is 5.91 Å². The van der Waals surface area contributed by atoms with E-state index >= 15 is 0 Å². The average Bonchev–Trinajstić information content (AvgIpc) is 3.45. The maximum Gasteiger partial charge on any atom is 0.219 e. The lowest BCUT2D eigenvalue weighted by molar-refractivity contribution is -0.130. The van der Waals surface area contributed by atoms with Gasteiger partial charge in [-0.1, -0.05) is 24.3 Å². The molecule has 3 aromatic rings. The van der Waals surface area contributed by atoms with Crippen LogP contribution in [0.25, 0.3) is 0 Å². The van der Waals surface area contributed by atoms with E-state index in [2.05, 4.69) is 17.0 Å². The van der Waals surface area contributed by atoms with Crippen LogP contribution in [0.2, 0.25) is 0 Å². The van der Waals surface area contributed by atoms with Gasteiger partial charge in [-0.25, -0.2) is 4.39 Å². The summed E-state index contributed by atoms with van der Waals surface area (Å²) >= 11 is 0. The van der Waals surface area contributed by atoms with Crippen molar-refractivity contribution < 1.29 is 18.3 Å². The number of likely N-dealkylation sites (tertiary alicyclic amines) is 1. The Morgan fingerprint density at radius 2 is 1.88 bits per heavy atom. The van der Waals surface area contributed by atoms with Crippen LogP contribution in [0.1, 0.15) is 29.7 Å². The van der Waals surface area contributed by atoms with Crippen LogP contribution in [-0.4, -0.2) is 42.5 Å². The van der Waals surface area contributed by atoms with Crippen molar-refractivity contribution in [2.45, 2.75) is 25.9 Å². The molecule has 0 radical (unpaired) electrons. The summed E-state index contributed by atoms with van der Waals surface area (Å²) in [6.07, 6.45) is 1.70. The molecule has 168 valence electrons. The number of ether oxygens (including phenoxy) is 1. The van der Waals surface area contributed by atoms with Crippen molar-refractivity contribution >= 4 is 5.91 Å². The summed E-state index contributed by atoms with van der Waals surface area (Å²) in [5.74, 6) is 2.07. The topological polar surface area (TPSA) is 45.9 Å². The van der Waals surface area contributed by atoms with Gasteiger partial charge >= 0.3 is 0 Å². The minimum Gasteiger partial charge on any atom is -0.497 e. The summed E-state index contributed by atoms with van der Waals surface area (Å²) < 4.78 is 24.2. The molecule has 0 saturated carbocycles. The third-order valence-corrected chi connectivity index (χ3v) is 6.21. The zero-order valence-electron chi connectivity index (χ0n) is 18.5. The second-order valence-corrected chi connectivity index (χ2v) is 8.44. The molecule has 5 nitrogen and oxygen atoms in total. The lowest BCUT2D eigenvalue weighted by Gasteiger charge is -2.28. The Morgan fingerprint density at radius 1 is 1.12 bits per heavy atom. The molecule has 4 rings (SSSR count). The zero-order chi connectivity index (χ0) is 22.5. The highest BCUT2D eigenvalue weighted by Crippen LogP contribution is 2.35. The summed E-state index contributed by atoms with van der Waals surface area (Å²) in [6, 6.07) is 18.5. The van der Waals surface area contributed by atoms with Crippen LogP contribution in [0.4, 0.5) is 4.39 Å². The Morgan fingerprint density at radius 3 is 2.50 bits per heavy atom. The molecule has 1 aliphatic heterocycles. The number of carbonyl (C=O) groups excluding carboxylic acids is 1. The standard InChI is InChI=1S/C26H29FN2O3/c1-19(30)29(14-20-5-9-23(27)10-6-20)16-22-15-28(17-25-4-3-13-32-25)18-26(22)21-7-11-24(31-2)12-8-21/h3-13,22,26H,14-18H2,1-2H3. The van der Waals surface area contributed by atoms with Crippen molar-refractivity contribution in [2.75, 3.05) is 26.7 Å². The van der Waals surface area contributed by atoms with Gasteiger partial charge in [-0.15, -0.1) is 0 Å². The minimum absolute atomic E-state index is 0.0206. The summed E-state index contributed by atoms with van der Waals surface area (Å²) in [5, 5.41) is 0. The quantitative estimate of drug-likeness (QED) is 0.514. The van der Waals surface area contributed by atoms with Gasteiger partial charge in [0, 0.05) is 39.0 Å². The molecule has 32 heavy (non-hydrogen) atoms. The van der Waals surface area contributed by atoms with E-state index in [1.54, 1.807) is 32.4 Å². The van der Waals surface area contributed by atoms with Crippen LogP contribution in [0, 0.1) is 11.7 Å². The largest absolute Gasteiger partial charge is 0.497 e. The number of rotatable bonds is 8. The molecule has 0 aliphatic carbocycles. The second-order valence-electron chi connectivity index (χ2n) is 8.44. The highest BCUT2D eigenvalue weighted by molar-refractivity contribution is 5.73. The summed E-state index contributed by atoms with van der Waals surface area (Å²) in [4.78, 5) is 16.7. The molecule has 1 aliphatic rings. The molecule has 0 spiro atoms. The van der Waals surface area contributed by atoms with Gasteiger partial charge in [-0.2, -0.15) is 0 Å². The molecule has 6 heteroatoms. The Kier molecular flexibility index (Phi) is 6.90. The van der Waals surface area contributed by atoms with Gasteiger partial charge in [-0.05, 0) is 53.4 Å². The van der Waals surface area contributed by atoms with Gasteiger partial charge in [0.05, 0.1) is 19.9 Å². The van der Waals surface area contributed by atoms with Crippen molar-refractivity contribution in [3.05, 3.63) is 89.6 Å². The molecule has 2 heterocycles. The predicted molar refractivity (Wildman–Crippen MR) is 121 cm³/mol. The average molecular weight is 437 g/mol.